The molecule has 12 nitrogen and oxygen atoms in total. The van der Waals surface area contributed by atoms with Crippen LogP contribution in [-0.4, -0.2) is 39.2 Å². The number of non-ortho nitro benzene ring substituents is 1. The summed E-state index contributed by atoms with van der Waals surface area (Å²) in [5, 5.41) is 24.6. The molecule has 12 heteroatoms. The fourth-order valence-corrected chi connectivity index (χ4v) is 3.25. The average molecular weight is 522 g/mol. The Bertz CT molecular complexity index is 1340. The summed E-state index contributed by atoms with van der Waals surface area (Å²) in [6.07, 6.45) is 7.50. The minimum Gasteiger partial charge on any atom is -0.449 e. The summed E-state index contributed by atoms with van der Waals surface area (Å²) in [4.78, 5) is 33.3. The predicted molar refractivity (Wildman–Crippen MR) is 136 cm³/mol. The molecule has 38 heavy (non-hydrogen) atoms. The minimum atomic E-state index is -0.681. The largest absolute Gasteiger partial charge is 0.449 e. The van der Waals surface area contributed by atoms with Crippen LogP contribution in [-0.2, 0) is 4.74 Å². The third-order valence-electron chi connectivity index (χ3n) is 5.63. The van der Waals surface area contributed by atoms with Crippen LogP contribution in [0.4, 0.5) is 5.69 Å². The molecule has 1 fully saturated rings. The molecule has 3 aromatic rings. The number of hydrogen-bond acceptors (Lipinski definition) is 10. The smallest absolute Gasteiger partial charge is 0.338 e. The van der Waals surface area contributed by atoms with Crippen molar-refractivity contribution in [1.29, 1.82) is 0 Å². The number of allylic oxidation sites excluding steroid dienone is 4. The Morgan fingerprint density at radius 2 is 1.95 bits per heavy atom. The normalized spacial score (nSPS) is 13.8. The highest BCUT2D eigenvalue weighted by Crippen LogP contribution is 2.36. The fraction of sp³-hybridized carbons (Fsp3) is 0.269. The van der Waals surface area contributed by atoms with Crippen molar-refractivity contribution < 1.29 is 28.2 Å². The Hall–Kier alpha value is -4.87. The molecule has 1 aliphatic rings. The molecule has 1 aliphatic carbocycles. The molecule has 1 aromatic carbocycles. The third-order valence-corrected chi connectivity index (χ3v) is 5.63. The van der Waals surface area contributed by atoms with Gasteiger partial charge in [0.2, 0.25) is 5.89 Å². The molecule has 0 saturated heterocycles. The highest BCUT2D eigenvalue weighted by molar-refractivity contribution is 5.92. The first-order chi connectivity index (χ1) is 18.3. The molecule has 1 atom stereocenters. The van der Waals surface area contributed by atoms with E-state index in [9.17, 15) is 19.7 Å². The zero-order valence-electron chi connectivity index (χ0n) is 21.0. The number of ether oxygens (including phenoxy) is 1. The molecule has 1 amide bonds. The first-order valence-electron chi connectivity index (χ1n) is 11.7. The standard InChI is InChI=1S/C15H15N3O5.C11H12N2O2/c1-9(13-16-17-14(23-13)10-3-2-4-10)22-15(19)11-5-7-12(8-6-11)18(20)21;1-4-6-8(5-2)10-7-9(13-15-10)11(14)12-3/h5-10H,2-4H2,1H3;4-7H,1-2H2,3H3,(H,12,14)/b;8-6+. The van der Waals surface area contributed by atoms with Gasteiger partial charge in [0.25, 0.3) is 17.5 Å². The van der Waals surface area contributed by atoms with Crippen molar-refractivity contribution in [2.75, 3.05) is 7.05 Å². The van der Waals surface area contributed by atoms with Crippen LogP contribution in [0.25, 0.3) is 5.57 Å². The molecular formula is C26H27N5O7. The molecule has 1 unspecified atom stereocenters. The van der Waals surface area contributed by atoms with Gasteiger partial charge < -0.3 is 19.0 Å². The molecule has 1 saturated carbocycles. The van der Waals surface area contributed by atoms with Gasteiger partial charge in [0.05, 0.1) is 10.5 Å². The van der Waals surface area contributed by atoms with Crippen molar-refractivity contribution in [2.45, 2.75) is 38.2 Å². The molecule has 1 N–H and O–H groups in total. The Morgan fingerprint density at radius 1 is 1.24 bits per heavy atom. The van der Waals surface area contributed by atoms with Crippen LogP contribution < -0.4 is 5.32 Å². The number of carbonyl (C=O) groups excluding carboxylic acids is 2. The van der Waals surface area contributed by atoms with Crippen LogP contribution in [0.15, 0.2) is 70.7 Å². The van der Waals surface area contributed by atoms with Gasteiger partial charge >= 0.3 is 5.97 Å². The van der Waals surface area contributed by atoms with E-state index in [4.69, 9.17) is 13.7 Å². The number of amides is 1. The van der Waals surface area contributed by atoms with Gasteiger partial charge in [0, 0.05) is 36.7 Å². The van der Waals surface area contributed by atoms with Gasteiger partial charge in [-0.2, -0.15) is 0 Å². The summed E-state index contributed by atoms with van der Waals surface area (Å²) in [6.45, 7) is 8.83. The fourth-order valence-electron chi connectivity index (χ4n) is 3.25. The number of rotatable bonds is 9. The maximum Gasteiger partial charge on any atom is 0.338 e. The summed E-state index contributed by atoms with van der Waals surface area (Å²) in [5.41, 5.74) is 1.11. The van der Waals surface area contributed by atoms with E-state index in [1.165, 1.54) is 31.3 Å². The molecule has 0 spiro atoms. The molecule has 0 aliphatic heterocycles. The number of hydrogen-bond donors (Lipinski definition) is 1. The summed E-state index contributed by atoms with van der Waals surface area (Å²) in [5.74, 6) is 0.756. The highest BCUT2D eigenvalue weighted by atomic mass is 16.6. The van der Waals surface area contributed by atoms with Crippen molar-refractivity contribution in [2.24, 2.45) is 0 Å². The quantitative estimate of drug-likeness (QED) is 0.176. The number of esters is 1. The lowest BCUT2D eigenvalue weighted by atomic mass is 9.85. The first kappa shape index (κ1) is 27.7. The van der Waals surface area contributed by atoms with E-state index in [0.717, 1.165) is 24.8 Å². The zero-order valence-corrected chi connectivity index (χ0v) is 21.0. The lowest BCUT2D eigenvalue weighted by Crippen LogP contribution is -2.17. The number of nitro benzene ring substituents is 1. The maximum absolute atomic E-state index is 12.0. The first-order valence-corrected chi connectivity index (χ1v) is 11.7. The average Bonchev–Trinajstić information content (AvgIpc) is 3.57. The van der Waals surface area contributed by atoms with Crippen LogP contribution in [0.2, 0.25) is 0 Å². The topological polar surface area (TPSA) is 163 Å². The molecular weight excluding hydrogens is 494 g/mol. The number of benzene rings is 1. The Balaban J connectivity index is 0.000000232. The maximum atomic E-state index is 12.0. The molecule has 198 valence electrons. The Kier molecular flexibility index (Phi) is 9.41. The SMILES string of the molecule is C=C/C=C(\C=C)c1cc(C(=O)NC)no1.CC(OC(=O)c1ccc([N+](=O)[O-])cc1)c1nnc(C2CCC2)o1. The number of nitrogens with one attached hydrogen (secondary N) is 1. The predicted octanol–water partition coefficient (Wildman–Crippen LogP) is 4.95. The van der Waals surface area contributed by atoms with Gasteiger partial charge in [-0.1, -0.05) is 43.0 Å². The highest BCUT2D eigenvalue weighted by Gasteiger charge is 2.27. The van der Waals surface area contributed by atoms with Gasteiger partial charge in [-0.3, -0.25) is 14.9 Å². The van der Waals surface area contributed by atoms with E-state index in [-0.39, 0.29) is 28.7 Å². The van der Waals surface area contributed by atoms with Crippen LogP contribution >= 0.6 is 0 Å². The Morgan fingerprint density at radius 3 is 2.50 bits per heavy atom. The Labute approximate surface area is 218 Å². The van der Waals surface area contributed by atoms with E-state index in [1.54, 1.807) is 31.2 Å². The molecule has 2 aromatic heterocycles. The third kappa shape index (κ3) is 6.87. The van der Waals surface area contributed by atoms with Crippen molar-refractivity contribution in [3.05, 3.63) is 101 Å². The zero-order chi connectivity index (χ0) is 27.7. The second-order valence-corrected chi connectivity index (χ2v) is 8.18. The molecule has 0 bridgehead atoms. The van der Waals surface area contributed by atoms with Crippen molar-refractivity contribution in [3.8, 4) is 0 Å². The summed E-state index contributed by atoms with van der Waals surface area (Å²) in [7, 11) is 1.53. The second-order valence-electron chi connectivity index (χ2n) is 8.18. The number of carbonyl (C=O) groups is 2. The van der Waals surface area contributed by atoms with Crippen LogP contribution in [0.3, 0.4) is 0 Å². The second kappa shape index (κ2) is 12.9. The van der Waals surface area contributed by atoms with Crippen molar-refractivity contribution >= 4 is 23.1 Å². The lowest BCUT2D eigenvalue weighted by Gasteiger charge is -2.20. The molecule has 4 rings (SSSR count). The van der Waals surface area contributed by atoms with Gasteiger partial charge in [0.1, 0.15) is 0 Å². The monoisotopic (exact) mass is 521 g/mol. The van der Waals surface area contributed by atoms with Gasteiger partial charge in [0.15, 0.2) is 17.6 Å². The number of nitro groups is 1. The molecule has 2 heterocycles. The molecule has 0 radical (unpaired) electrons. The van der Waals surface area contributed by atoms with Gasteiger partial charge in [-0.15, -0.1) is 10.2 Å². The van der Waals surface area contributed by atoms with Crippen LogP contribution in [0, 0.1) is 10.1 Å². The minimum absolute atomic E-state index is 0.0864. The van der Waals surface area contributed by atoms with E-state index in [0.29, 0.717) is 17.6 Å². The summed E-state index contributed by atoms with van der Waals surface area (Å²) >= 11 is 0. The summed E-state index contributed by atoms with van der Waals surface area (Å²) in [6, 6.07) is 6.75. The number of nitrogens with zero attached hydrogens (tertiary/aromatic N) is 4. The van der Waals surface area contributed by atoms with E-state index in [2.05, 4.69) is 33.8 Å². The lowest BCUT2D eigenvalue weighted by molar-refractivity contribution is -0.384. The van der Waals surface area contributed by atoms with Gasteiger partial charge in [-0.25, -0.2) is 4.79 Å². The van der Waals surface area contributed by atoms with Crippen LogP contribution in [0.5, 0.6) is 0 Å². The van der Waals surface area contributed by atoms with E-state index >= 15 is 0 Å². The van der Waals surface area contributed by atoms with E-state index in [1.807, 2.05) is 0 Å². The summed E-state index contributed by atoms with van der Waals surface area (Å²) < 4.78 is 15.8. The number of aromatic nitrogens is 3. The van der Waals surface area contributed by atoms with Crippen LogP contribution in [0.1, 0.15) is 76.6 Å². The van der Waals surface area contributed by atoms with Crippen molar-refractivity contribution in [3.63, 3.8) is 0 Å². The van der Waals surface area contributed by atoms with E-state index < -0.39 is 17.0 Å². The van der Waals surface area contributed by atoms with Gasteiger partial charge in [-0.05, 0) is 31.9 Å². The van der Waals surface area contributed by atoms with Crippen molar-refractivity contribution in [1.82, 2.24) is 20.7 Å².